The van der Waals surface area contributed by atoms with Gasteiger partial charge in [-0.05, 0) is 119 Å². The Morgan fingerprint density at radius 1 is 0.598 bits per heavy atom. The molecular formula is C65H106N18O19. The van der Waals surface area contributed by atoms with Crippen molar-refractivity contribution >= 4 is 89.0 Å². The number of benzene rings is 1. The van der Waals surface area contributed by atoms with E-state index in [4.69, 9.17) is 28.3 Å². The molecule has 0 unspecified atom stereocenters. The largest absolute Gasteiger partial charge is 0.508 e. The number of phenolic OH excluding ortho intramolecular Hbond substituents is 1. The van der Waals surface area contributed by atoms with Gasteiger partial charge in [0.25, 0.3) is 0 Å². The number of carboxylic acid groups (broad SMARTS) is 5. The Labute approximate surface area is 592 Å². The van der Waals surface area contributed by atoms with Gasteiger partial charge < -0.3 is 100 Å². The summed E-state index contributed by atoms with van der Waals surface area (Å²) in [6.45, 7) is 5.11. The molecule has 37 nitrogen and oxygen atoms in total. The summed E-state index contributed by atoms with van der Waals surface area (Å²) in [7, 11) is 0. The number of piperidine rings is 1. The van der Waals surface area contributed by atoms with Gasteiger partial charge in [-0.3, -0.25) is 82.6 Å². The summed E-state index contributed by atoms with van der Waals surface area (Å²) in [6.07, 6.45) is 1.76. The SMILES string of the molecule is CC(C)C[C@H](NC(=O)[C@@H](NC(=O)[C@H](Cc1cccc(O)c1)NC(=O)[C@@H]1CCCN1C(=O)[C@H](CCCN=C(N)N)NC(=O)[C@@H](NC(=O)[C@@H]1CCCN1C(=O)[C@@H](CCCCN)NC(=O)CN(CCN(CCN(CC(=O)O)CC(=O)O)CC(=O)O)CC(=O)O)C1CCN(C(=N)N)CC1)C(C)(C)C)C(=O)O. The highest BCUT2D eigenvalue weighted by Gasteiger charge is 2.45. The molecule has 0 spiro atoms. The number of aliphatic carboxylic acids is 5. The van der Waals surface area contributed by atoms with Crippen LogP contribution in [0.4, 0.5) is 0 Å². The van der Waals surface area contributed by atoms with Crippen LogP contribution in [0.1, 0.15) is 117 Å². The lowest BCUT2D eigenvalue weighted by Gasteiger charge is -2.37. The van der Waals surface area contributed by atoms with Gasteiger partial charge in [0, 0.05) is 65.3 Å². The zero-order valence-electron chi connectivity index (χ0n) is 58.8. The van der Waals surface area contributed by atoms with Crippen LogP contribution in [0.25, 0.3) is 0 Å². The molecule has 3 heterocycles. The second-order valence-corrected chi connectivity index (χ2v) is 27.5. The van der Waals surface area contributed by atoms with E-state index in [0.29, 0.717) is 24.8 Å². The fourth-order valence-corrected chi connectivity index (χ4v) is 12.6. The van der Waals surface area contributed by atoms with E-state index in [2.05, 4.69) is 36.9 Å². The summed E-state index contributed by atoms with van der Waals surface area (Å²) in [5.74, 6) is -14.3. The number of nitrogens with zero attached hydrogens (tertiary/aromatic N) is 7. The normalized spacial score (nSPS) is 17.4. The van der Waals surface area contributed by atoms with Crippen LogP contribution in [-0.2, 0) is 68.7 Å². The van der Waals surface area contributed by atoms with Crippen molar-refractivity contribution in [3.63, 3.8) is 0 Å². The van der Waals surface area contributed by atoms with E-state index >= 15 is 9.59 Å². The highest BCUT2D eigenvalue weighted by Crippen LogP contribution is 2.27. The topological polar surface area (TPSA) is 575 Å². The highest BCUT2D eigenvalue weighted by molar-refractivity contribution is 5.99. The molecule has 3 aliphatic heterocycles. The van der Waals surface area contributed by atoms with Gasteiger partial charge in [0.2, 0.25) is 47.3 Å². The molecule has 8 atom stereocenters. The Hall–Kier alpha value is -9.49. The number of aromatic hydroxyl groups is 1. The van der Waals surface area contributed by atoms with Gasteiger partial charge in [-0.25, -0.2) is 4.79 Å². The number of carbonyl (C=O) groups excluding carboxylic acids is 8. The summed E-state index contributed by atoms with van der Waals surface area (Å²) in [5.41, 5.74) is 22.4. The molecule has 0 saturated carbocycles. The molecule has 21 N–H and O–H groups in total. The standard InChI is InChI=1S/C65H106N18O19/c1-38(2)30-45(62(101)102)75-59(98)54(65(3,4)5)77-55(94)44(32-39-12-8-13-41(84)31-39)74-56(95)46-16-10-22-82(46)61(100)43(15-9-21-71-63(67)68)73-58(97)53(40-18-24-81(25-19-40)64(69)70)76-57(96)47-17-11-23-83(47)60(99)42(14-6-7-20-66)72-48(85)33-79(35-50(88)89)28-26-78(34-49(86)87)27-29-80(36-51(90)91)37-52(92)93/h8,12-13,31,38,40,42-47,53-54,84H,6-7,9-11,14-30,32-37,66H2,1-5H3,(H3,69,70)(H,72,85)(H,73,97)(H,74,95)(H,75,98)(H,76,96)(H,77,94)(H,86,87)(H,88,89)(H,90,91)(H,92,93)(H,101,102)(H4,67,68,71)/t42-,43+,44+,45+,46+,47+,53+,54-/m1/s1. The molecule has 4 rings (SSSR count). The first-order chi connectivity index (χ1) is 48.0. The van der Waals surface area contributed by atoms with Gasteiger partial charge in [0.15, 0.2) is 11.9 Å². The number of amides is 8. The Balaban J connectivity index is 1.64. The predicted molar refractivity (Wildman–Crippen MR) is 368 cm³/mol. The second kappa shape index (κ2) is 41.4. The van der Waals surface area contributed by atoms with E-state index in [1.54, 1.807) is 45.6 Å². The number of likely N-dealkylation sites (tertiary alicyclic amines) is 3. The van der Waals surface area contributed by atoms with E-state index in [-0.39, 0.29) is 153 Å². The number of hydrogen-bond donors (Lipinski definition) is 17. The zero-order valence-corrected chi connectivity index (χ0v) is 58.8. The van der Waals surface area contributed by atoms with Crippen molar-refractivity contribution in [1.29, 1.82) is 5.41 Å². The maximum absolute atomic E-state index is 15.2. The van der Waals surface area contributed by atoms with Crippen LogP contribution in [0.5, 0.6) is 5.75 Å². The van der Waals surface area contributed by atoms with Crippen molar-refractivity contribution in [3.05, 3.63) is 29.8 Å². The van der Waals surface area contributed by atoms with E-state index < -0.39 is 169 Å². The quantitative estimate of drug-likeness (QED) is 0.0168. The Kier molecular flexibility index (Phi) is 34.5. The first-order valence-electron chi connectivity index (χ1n) is 34.3. The molecule has 3 aliphatic rings. The van der Waals surface area contributed by atoms with Gasteiger partial charge in [0.05, 0.1) is 32.7 Å². The Morgan fingerprint density at radius 3 is 1.59 bits per heavy atom. The van der Waals surface area contributed by atoms with Crippen molar-refractivity contribution in [2.45, 2.75) is 166 Å². The molecule has 3 saturated heterocycles. The molecule has 0 aromatic heterocycles. The molecule has 3 fully saturated rings. The van der Waals surface area contributed by atoms with Crippen LogP contribution in [0.15, 0.2) is 29.3 Å². The van der Waals surface area contributed by atoms with E-state index in [0.717, 1.165) is 4.90 Å². The predicted octanol–water partition coefficient (Wildman–Crippen LogP) is -3.97. The smallest absolute Gasteiger partial charge is 0.326 e. The molecule has 1 aromatic rings. The second-order valence-electron chi connectivity index (χ2n) is 27.5. The number of rotatable bonds is 43. The minimum Gasteiger partial charge on any atom is -0.508 e. The number of carbonyl (C=O) groups is 13. The number of guanidine groups is 2. The van der Waals surface area contributed by atoms with Crippen molar-refractivity contribution < 1.29 is 93.0 Å². The van der Waals surface area contributed by atoms with Crippen molar-refractivity contribution in [2.24, 2.45) is 45.2 Å². The van der Waals surface area contributed by atoms with Crippen LogP contribution < -0.4 is 54.8 Å². The first kappa shape index (κ1) is 84.9. The summed E-state index contributed by atoms with van der Waals surface area (Å²) in [4.78, 5) is 188. The number of nitrogens with two attached hydrogens (primary N) is 4. The van der Waals surface area contributed by atoms with Gasteiger partial charge >= 0.3 is 29.8 Å². The lowest BCUT2D eigenvalue weighted by molar-refractivity contribution is -0.144. The van der Waals surface area contributed by atoms with Crippen molar-refractivity contribution in [2.75, 3.05) is 98.2 Å². The lowest BCUT2D eigenvalue weighted by Crippen LogP contribution is -2.62. The average molecular weight is 1440 g/mol. The Morgan fingerprint density at radius 2 is 1.10 bits per heavy atom. The van der Waals surface area contributed by atoms with Gasteiger partial charge in [0.1, 0.15) is 54.1 Å². The third kappa shape index (κ3) is 28.9. The number of phenols is 1. The lowest BCUT2D eigenvalue weighted by atomic mass is 9.85. The third-order valence-electron chi connectivity index (χ3n) is 17.7. The molecule has 0 aliphatic carbocycles. The minimum atomic E-state index is -1.45. The maximum atomic E-state index is 15.2. The molecule has 570 valence electrons. The first-order valence-corrected chi connectivity index (χ1v) is 34.3. The van der Waals surface area contributed by atoms with E-state index in [1.807, 2.05) is 0 Å². The average Bonchev–Trinajstić information content (AvgIpc) is 1.31. The van der Waals surface area contributed by atoms with Crippen molar-refractivity contribution in [1.82, 2.24) is 61.3 Å². The fourth-order valence-electron chi connectivity index (χ4n) is 12.6. The number of nitrogens with one attached hydrogen (secondary N) is 7. The Bertz CT molecular complexity index is 3110. The number of hydrogen-bond acceptors (Lipinski definition) is 20. The summed E-state index contributed by atoms with van der Waals surface area (Å²) in [5, 5.41) is 82.9. The van der Waals surface area contributed by atoms with Crippen LogP contribution >= 0.6 is 0 Å². The summed E-state index contributed by atoms with van der Waals surface area (Å²) >= 11 is 0. The molecule has 37 heteroatoms. The van der Waals surface area contributed by atoms with E-state index in [9.17, 15) is 83.4 Å². The van der Waals surface area contributed by atoms with Crippen LogP contribution in [-0.4, -0.2) is 296 Å². The van der Waals surface area contributed by atoms with Crippen LogP contribution in [0.3, 0.4) is 0 Å². The van der Waals surface area contributed by atoms with Gasteiger partial charge in [-0.1, -0.05) is 46.8 Å². The molecule has 0 bridgehead atoms. The number of carboxylic acids is 5. The van der Waals surface area contributed by atoms with Gasteiger partial charge in [-0.15, -0.1) is 0 Å². The molecule has 8 amide bonds. The summed E-state index contributed by atoms with van der Waals surface area (Å²) in [6, 6.07) is -4.76. The van der Waals surface area contributed by atoms with Crippen LogP contribution in [0.2, 0.25) is 0 Å². The van der Waals surface area contributed by atoms with Crippen LogP contribution in [0, 0.1) is 22.7 Å². The van der Waals surface area contributed by atoms with Gasteiger partial charge in [-0.2, -0.15) is 0 Å². The fraction of sp³-hybridized carbons (Fsp3) is 0.677. The molecule has 1 aromatic carbocycles. The molecule has 0 radical (unpaired) electrons. The third-order valence-corrected chi connectivity index (χ3v) is 17.7. The number of aliphatic imine (C=N–C) groups is 1. The molecule has 102 heavy (non-hydrogen) atoms. The molecular weight excluding hydrogens is 1340 g/mol. The maximum Gasteiger partial charge on any atom is 0.326 e. The monoisotopic (exact) mass is 1440 g/mol. The zero-order chi connectivity index (χ0) is 76.1. The number of unbranched alkanes of at least 4 members (excludes halogenated alkanes) is 1. The van der Waals surface area contributed by atoms with Crippen molar-refractivity contribution in [3.8, 4) is 5.75 Å². The minimum absolute atomic E-state index is 0.00149. The highest BCUT2D eigenvalue weighted by atomic mass is 16.4. The van der Waals surface area contributed by atoms with E-state index in [1.165, 1.54) is 37.8 Å². The summed E-state index contributed by atoms with van der Waals surface area (Å²) < 4.78 is 0.